The van der Waals surface area contributed by atoms with Gasteiger partial charge >= 0.3 is 0 Å². The molecule has 1 N–H and O–H groups in total. The molecule has 2 amide bonds. The molecule has 0 aliphatic carbocycles. The van der Waals surface area contributed by atoms with Crippen LogP contribution < -0.4 is 5.32 Å². The molecule has 0 saturated carbocycles. The van der Waals surface area contributed by atoms with E-state index in [0.717, 1.165) is 42.3 Å². The lowest BCUT2D eigenvalue weighted by Crippen LogP contribution is -2.55. The van der Waals surface area contributed by atoms with Gasteiger partial charge in [0.05, 0.1) is 10.6 Å². The predicted octanol–water partition coefficient (Wildman–Crippen LogP) is 3.23. The number of piperidine rings is 1. The second-order valence-corrected chi connectivity index (χ2v) is 10.2. The van der Waals surface area contributed by atoms with Crippen molar-refractivity contribution in [3.8, 4) is 0 Å². The number of carbonyl (C=O) groups excluding carboxylic acids is 3. The number of rotatable bonds is 5. The Morgan fingerprint density at radius 1 is 1.25 bits per heavy atom. The van der Waals surface area contributed by atoms with Crippen LogP contribution in [0, 0.1) is 0 Å². The minimum absolute atomic E-state index is 0.0295. The Labute approximate surface area is 175 Å². The van der Waals surface area contributed by atoms with Gasteiger partial charge in [0, 0.05) is 13.0 Å². The Hall–Kier alpha value is -1.47. The molecule has 28 heavy (non-hydrogen) atoms. The van der Waals surface area contributed by atoms with Crippen molar-refractivity contribution in [3.63, 3.8) is 0 Å². The van der Waals surface area contributed by atoms with E-state index in [1.807, 2.05) is 47.0 Å². The number of thioether (sulfide) groups is 2. The molecular weight excluding hydrogens is 392 g/mol. The maximum Gasteiger partial charge on any atom is 0.246 e. The first-order chi connectivity index (χ1) is 13.5. The minimum Gasteiger partial charge on any atom is -0.343 e. The van der Waals surface area contributed by atoms with Crippen LogP contribution in [0.15, 0.2) is 30.3 Å². The van der Waals surface area contributed by atoms with E-state index in [4.69, 9.17) is 0 Å². The molecule has 2 heterocycles. The standard InChI is InChI=1S/C21H28N2O3S2/c1-14-7-6-10-19-23(14)21(26)17(11-12-27-19)22-20(25)18(28-15(2)24)13-16-8-4-3-5-9-16/h3-5,8-9,14,17-19H,6-7,10-13H2,1-2H3,(H,22,25). The van der Waals surface area contributed by atoms with Crippen molar-refractivity contribution in [2.24, 2.45) is 0 Å². The van der Waals surface area contributed by atoms with Gasteiger partial charge in [-0.05, 0) is 50.3 Å². The molecule has 0 bridgehead atoms. The second-order valence-electron chi connectivity index (χ2n) is 7.49. The van der Waals surface area contributed by atoms with Gasteiger partial charge in [-0.2, -0.15) is 0 Å². The van der Waals surface area contributed by atoms with Crippen molar-refractivity contribution in [1.29, 1.82) is 0 Å². The Kier molecular flexibility index (Phi) is 7.46. The van der Waals surface area contributed by atoms with Crippen LogP contribution in [0.25, 0.3) is 0 Å². The average Bonchev–Trinajstić information content (AvgIpc) is 2.82. The first-order valence-electron chi connectivity index (χ1n) is 9.91. The van der Waals surface area contributed by atoms with Crippen LogP contribution in [0.5, 0.6) is 0 Å². The van der Waals surface area contributed by atoms with Crippen LogP contribution in [-0.4, -0.2) is 50.3 Å². The van der Waals surface area contributed by atoms with E-state index >= 15 is 0 Å². The minimum atomic E-state index is -0.529. The summed E-state index contributed by atoms with van der Waals surface area (Å²) in [6, 6.07) is 9.39. The molecule has 4 unspecified atom stereocenters. The molecule has 2 fully saturated rings. The smallest absolute Gasteiger partial charge is 0.246 e. The van der Waals surface area contributed by atoms with E-state index in [2.05, 4.69) is 12.2 Å². The molecule has 2 aliphatic heterocycles. The van der Waals surface area contributed by atoms with Crippen LogP contribution in [0.4, 0.5) is 0 Å². The third-order valence-corrected chi connectivity index (χ3v) is 7.62. The molecular formula is C21H28N2O3S2. The van der Waals surface area contributed by atoms with E-state index in [1.165, 1.54) is 6.92 Å². The van der Waals surface area contributed by atoms with Crippen molar-refractivity contribution in [3.05, 3.63) is 35.9 Å². The maximum absolute atomic E-state index is 13.2. The molecule has 1 aromatic carbocycles. The molecule has 1 aromatic rings. The van der Waals surface area contributed by atoms with Gasteiger partial charge in [-0.25, -0.2) is 0 Å². The number of nitrogens with one attached hydrogen (secondary N) is 1. The largest absolute Gasteiger partial charge is 0.343 e. The van der Waals surface area contributed by atoms with Gasteiger partial charge in [0.25, 0.3) is 0 Å². The zero-order valence-corrected chi connectivity index (χ0v) is 18.1. The lowest BCUT2D eigenvalue weighted by molar-refractivity contribution is -0.139. The topological polar surface area (TPSA) is 66.5 Å². The fourth-order valence-corrected chi connectivity index (χ4v) is 6.21. The summed E-state index contributed by atoms with van der Waals surface area (Å²) in [6.07, 6.45) is 4.29. The highest BCUT2D eigenvalue weighted by atomic mass is 32.2. The number of amides is 2. The number of hydrogen-bond acceptors (Lipinski definition) is 5. The van der Waals surface area contributed by atoms with E-state index in [-0.39, 0.29) is 28.3 Å². The lowest BCUT2D eigenvalue weighted by Gasteiger charge is -2.40. The first-order valence-corrected chi connectivity index (χ1v) is 11.8. The Balaban J connectivity index is 1.70. The van der Waals surface area contributed by atoms with Gasteiger partial charge in [0.1, 0.15) is 6.04 Å². The monoisotopic (exact) mass is 420 g/mol. The van der Waals surface area contributed by atoms with E-state index in [0.29, 0.717) is 12.8 Å². The van der Waals surface area contributed by atoms with Crippen LogP contribution in [0.2, 0.25) is 0 Å². The van der Waals surface area contributed by atoms with Crippen LogP contribution in [-0.2, 0) is 20.8 Å². The predicted molar refractivity (Wildman–Crippen MR) is 115 cm³/mol. The van der Waals surface area contributed by atoms with Crippen molar-refractivity contribution in [2.45, 2.75) is 68.7 Å². The Morgan fingerprint density at radius 2 is 2.00 bits per heavy atom. The lowest BCUT2D eigenvalue weighted by atomic mass is 10.0. The molecule has 2 saturated heterocycles. The Bertz CT molecular complexity index is 713. The summed E-state index contributed by atoms with van der Waals surface area (Å²) in [5, 5.41) is 2.57. The fourth-order valence-electron chi connectivity index (χ4n) is 3.91. The molecule has 5 nitrogen and oxygen atoms in total. The zero-order chi connectivity index (χ0) is 20.1. The average molecular weight is 421 g/mol. The molecule has 2 aliphatic rings. The van der Waals surface area contributed by atoms with Crippen LogP contribution in [0.3, 0.4) is 0 Å². The quantitative estimate of drug-likeness (QED) is 0.792. The summed E-state index contributed by atoms with van der Waals surface area (Å²) in [7, 11) is 0. The Morgan fingerprint density at radius 3 is 2.71 bits per heavy atom. The number of carbonyl (C=O) groups is 3. The van der Waals surface area contributed by atoms with Gasteiger partial charge in [0.15, 0.2) is 5.12 Å². The normalized spacial score (nSPS) is 26.1. The number of benzene rings is 1. The molecule has 0 radical (unpaired) electrons. The maximum atomic E-state index is 13.2. The highest BCUT2D eigenvalue weighted by Gasteiger charge is 2.39. The van der Waals surface area contributed by atoms with Crippen LogP contribution in [0.1, 0.15) is 45.1 Å². The summed E-state index contributed by atoms with van der Waals surface area (Å²) < 4.78 is 0. The van der Waals surface area contributed by atoms with E-state index in [9.17, 15) is 14.4 Å². The summed E-state index contributed by atoms with van der Waals surface area (Å²) in [5.74, 6) is 0.658. The number of nitrogens with zero attached hydrogens (tertiary/aromatic N) is 1. The number of hydrogen-bond donors (Lipinski definition) is 1. The number of fused-ring (bicyclic) bond motifs is 1. The molecule has 152 valence electrons. The molecule has 7 heteroatoms. The highest BCUT2D eigenvalue weighted by molar-refractivity contribution is 8.14. The highest BCUT2D eigenvalue weighted by Crippen LogP contribution is 2.34. The van der Waals surface area contributed by atoms with Crippen molar-refractivity contribution < 1.29 is 14.4 Å². The summed E-state index contributed by atoms with van der Waals surface area (Å²) in [5.41, 5.74) is 1.00. The molecule has 0 aromatic heterocycles. The molecule has 0 spiro atoms. The fraction of sp³-hybridized carbons (Fsp3) is 0.571. The van der Waals surface area contributed by atoms with Crippen molar-refractivity contribution in [1.82, 2.24) is 10.2 Å². The van der Waals surface area contributed by atoms with E-state index < -0.39 is 11.3 Å². The van der Waals surface area contributed by atoms with Crippen molar-refractivity contribution >= 4 is 40.5 Å². The first kappa shape index (κ1) is 21.2. The third kappa shape index (κ3) is 5.32. The van der Waals surface area contributed by atoms with E-state index in [1.54, 1.807) is 0 Å². The van der Waals surface area contributed by atoms with Crippen LogP contribution >= 0.6 is 23.5 Å². The van der Waals surface area contributed by atoms with Gasteiger partial charge < -0.3 is 10.2 Å². The third-order valence-electron chi connectivity index (χ3n) is 5.31. The van der Waals surface area contributed by atoms with Gasteiger partial charge in [-0.3, -0.25) is 14.4 Å². The second kappa shape index (κ2) is 9.83. The van der Waals surface area contributed by atoms with Gasteiger partial charge in [-0.1, -0.05) is 42.1 Å². The summed E-state index contributed by atoms with van der Waals surface area (Å²) in [6.45, 7) is 3.57. The van der Waals surface area contributed by atoms with Gasteiger partial charge in [-0.15, -0.1) is 11.8 Å². The molecule has 3 rings (SSSR count). The van der Waals surface area contributed by atoms with Crippen molar-refractivity contribution in [2.75, 3.05) is 5.75 Å². The molecule has 4 atom stereocenters. The summed E-state index contributed by atoms with van der Waals surface area (Å²) >= 11 is 2.86. The summed E-state index contributed by atoms with van der Waals surface area (Å²) in [4.78, 5) is 39.8. The SMILES string of the molecule is CC(=O)SC(Cc1ccccc1)C(=O)NC1CCSC2CCCC(C)N2C1=O. The van der Waals surface area contributed by atoms with Gasteiger partial charge in [0.2, 0.25) is 11.8 Å². The zero-order valence-electron chi connectivity index (χ0n) is 16.4.